The molecule has 0 fully saturated rings. The Balaban J connectivity index is 0.000000158. The van der Waals surface area contributed by atoms with Crippen LogP contribution in [0.25, 0.3) is 0 Å². The quantitative estimate of drug-likeness (QED) is 0.654. The lowest BCUT2D eigenvalue weighted by molar-refractivity contribution is -0.110. The van der Waals surface area contributed by atoms with Gasteiger partial charge in [-0.1, -0.05) is 56.2 Å². The molecule has 1 atom stereocenters. The molecule has 4 rings (SSSR count). The Morgan fingerprint density at radius 1 is 1.00 bits per heavy atom. The van der Waals surface area contributed by atoms with E-state index in [4.69, 9.17) is 9.47 Å². The Labute approximate surface area is 157 Å². The normalized spacial score (nSPS) is 17.8. The number of nitrogens with zero attached hydrogens (tertiary/aromatic N) is 1. The van der Waals surface area contributed by atoms with E-state index in [9.17, 15) is 0 Å². The van der Waals surface area contributed by atoms with Crippen LogP contribution in [0, 0.1) is 0 Å². The standard InChI is InChI=1S/C14H21N.C9H10O2/c1-2-3-6-10-15-11-9-13-7-4-5-8-14(13)12-15;1-2-10-9-7-5-3-4-6-8(7)11-9/h4-5,7-8H,2-3,6,9-12H2,1H3;3-6,9H,2H2,1H3. The van der Waals surface area contributed by atoms with Gasteiger partial charge in [-0.05, 0) is 49.6 Å². The van der Waals surface area contributed by atoms with Crippen LogP contribution in [0.5, 0.6) is 5.75 Å². The van der Waals surface area contributed by atoms with Crippen molar-refractivity contribution in [1.29, 1.82) is 0 Å². The molecule has 1 unspecified atom stereocenters. The summed E-state index contributed by atoms with van der Waals surface area (Å²) in [6.07, 6.45) is 5.18. The van der Waals surface area contributed by atoms with Crippen molar-refractivity contribution >= 4 is 0 Å². The van der Waals surface area contributed by atoms with Gasteiger partial charge in [-0.3, -0.25) is 4.90 Å². The summed E-state index contributed by atoms with van der Waals surface area (Å²) in [6, 6.07) is 16.8. The fraction of sp³-hybridized carbons (Fsp3) is 0.478. The molecule has 26 heavy (non-hydrogen) atoms. The van der Waals surface area contributed by atoms with Gasteiger partial charge in [0.1, 0.15) is 5.75 Å². The molecule has 0 saturated carbocycles. The van der Waals surface area contributed by atoms with E-state index in [0.717, 1.165) is 11.3 Å². The first kappa shape index (κ1) is 18.9. The first-order valence-corrected chi connectivity index (χ1v) is 9.98. The molecule has 0 amide bonds. The molecule has 3 nitrogen and oxygen atoms in total. The van der Waals surface area contributed by atoms with Gasteiger partial charge in [-0.2, -0.15) is 0 Å². The lowest BCUT2D eigenvalue weighted by Gasteiger charge is -2.29. The van der Waals surface area contributed by atoms with E-state index in [2.05, 4.69) is 36.1 Å². The second kappa shape index (κ2) is 9.75. The summed E-state index contributed by atoms with van der Waals surface area (Å²) in [4.78, 5) is 2.60. The highest BCUT2D eigenvalue weighted by Gasteiger charge is 2.27. The van der Waals surface area contributed by atoms with Crippen LogP contribution < -0.4 is 4.74 Å². The first-order chi connectivity index (χ1) is 12.8. The van der Waals surface area contributed by atoms with Crippen LogP contribution in [-0.2, 0) is 17.7 Å². The smallest absolute Gasteiger partial charge is 0.230 e. The molecule has 2 aliphatic heterocycles. The Morgan fingerprint density at radius 3 is 2.54 bits per heavy atom. The van der Waals surface area contributed by atoms with Crippen LogP contribution in [0.1, 0.15) is 56.1 Å². The average Bonchev–Trinajstić information content (AvgIpc) is 2.67. The van der Waals surface area contributed by atoms with Gasteiger partial charge < -0.3 is 9.47 Å². The molecule has 0 spiro atoms. The largest absolute Gasteiger partial charge is 0.460 e. The van der Waals surface area contributed by atoms with Crippen molar-refractivity contribution < 1.29 is 9.47 Å². The molecular formula is C23H31NO2. The van der Waals surface area contributed by atoms with Gasteiger partial charge in [-0.25, -0.2) is 0 Å². The fourth-order valence-electron chi connectivity index (χ4n) is 3.51. The SMILES string of the molecule is CCCCCN1CCc2ccccc2C1.CCOC1Oc2ccccc21. The molecule has 0 aromatic heterocycles. The van der Waals surface area contributed by atoms with Crippen LogP contribution in [0.3, 0.4) is 0 Å². The third kappa shape index (κ3) is 4.87. The number of hydrogen-bond acceptors (Lipinski definition) is 3. The van der Waals surface area contributed by atoms with Crippen molar-refractivity contribution in [1.82, 2.24) is 4.90 Å². The lowest BCUT2D eigenvalue weighted by Crippen LogP contribution is -2.31. The molecule has 0 bridgehead atoms. The Morgan fingerprint density at radius 2 is 1.77 bits per heavy atom. The molecule has 2 aromatic rings. The van der Waals surface area contributed by atoms with Crippen molar-refractivity contribution in [3.05, 3.63) is 65.2 Å². The highest BCUT2D eigenvalue weighted by molar-refractivity contribution is 5.40. The predicted octanol–water partition coefficient (Wildman–Crippen LogP) is 5.35. The maximum atomic E-state index is 5.30. The number of ether oxygens (including phenoxy) is 2. The summed E-state index contributed by atoms with van der Waals surface area (Å²) >= 11 is 0. The van der Waals surface area contributed by atoms with Gasteiger partial charge in [0.25, 0.3) is 0 Å². The summed E-state index contributed by atoms with van der Waals surface area (Å²) in [5.74, 6) is 0.950. The number of benzene rings is 2. The van der Waals surface area contributed by atoms with Crippen LogP contribution in [0.2, 0.25) is 0 Å². The molecule has 2 aliphatic rings. The molecule has 2 heterocycles. The van der Waals surface area contributed by atoms with Gasteiger partial charge in [0.05, 0.1) is 5.56 Å². The fourth-order valence-corrected chi connectivity index (χ4v) is 3.51. The van der Waals surface area contributed by atoms with E-state index >= 15 is 0 Å². The maximum absolute atomic E-state index is 5.30. The third-order valence-corrected chi connectivity index (χ3v) is 5.01. The maximum Gasteiger partial charge on any atom is 0.230 e. The van der Waals surface area contributed by atoms with E-state index in [1.54, 1.807) is 11.1 Å². The zero-order valence-corrected chi connectivity index (χ0v) is 16.1. The minimum absolute atomic E-state index is 0.115. The summed E-state index contributed by atoms with van der Waals surface area (Å²) < 4.78 is 10.6. The van der Waals surface area contributed by atoms with Crippen molar-refractivity contribution in [2.75, 3.05) is 19.7 Å². The number of hydrogen-bond donors (Lipinski definition) is 0. The third-order valence-electron chi connectivity index (χ3n) is 5.01. The minimum Gasteiger partial charge on any atom is -0.460 e. The molecule has 2 aromatic carbocycles. The van der Waals surface area contributed by atoms with Crippen LogP contribution in [0.4, 0.5) is 0 Å². The summed E-state index contributed by atoms with van der Waals surface area (Å²) in [5, 5.41) is 0. The Hall–Kier alpha value is -1.84. The molecule has 3 heteroatoms. The van der Waals surface area contributed by atoms with Gasteiger partial charge in [0, 0.05) is 19.7 Å². The number of rotatable bonds is 6. The van der Waals surface area contributed by atoms with Crippen molar-refractivity contribution in [3.8, 4) is 5.75 Å². The van der Waals surface area contributed by atoms with E-state index < -0.39 is 0 Å². The highest BCUT2D eigenvalue weighted by Crippen LogP contribution is 2.38. The van der Waals surface area contributed by atoms with Crippen molar-refractivity contribution in [2.24, 2.45) is 0 Å². The van der Waals surface area contributed by atoms with E-state index in [1.165, 1.54) is 45.3 Å². The average molecular weight is 354 g/mol. The minimum atomic E-state index is -0.115. The Kier molecular flexibility index (Phi) is 7.10. The van der Waals surface area contributed by atoms with Crippen LogP contribution in [0.15, 0.2) is 48.5 Å². The first-order valence-electron chi connectivity index (χ1n) is 9.98. The van der Waals surface area contributed by atoms with Gasteiger partial charge >= 0.3 is 0 Å². The van der Waals surface area contributed by atoms with Gasteiger partial charge in [-0.15, -0.1) is 0 Å². The summed E-state index contributed by atoms with van der Waals surface area (Å²) in [6.45, 7) is 8.62. The molecule has 0 saturated heterocycles. The van der Waals surface area contributed by atoms with Gasteiger partial charge in [0.2, 0.25) is 6.29 Å². The van der Waals surface area contributed by atoms with Crippen molar-refractivity contribution in [3.63, 3.8) is 0 Å². The summed E-state index contributed by atoms with van der Waals surface area (Å²) in [7, 11) is 0. The molecule has 140 valence electrons. The zero-order chi connectivity index (χ0) is 18.2. The monoisotopic (exact) mass is 353 g/mol. The predicted molar refractivity (Wildman–Crippen MR) is 106 cm³/mol. The van der Waals surface area contributed by atoms with E-state index in [1.807, 2.05) is 31.2 Å². The topological polar surface area (TPSA) is 21.7 Å². The zero-order valence-electron chi connectivity index (χ0n) is 16.1. The van der Waals surface area contributed by atoms with E-state index in [-0.39, 0.29) is 6.29 Å². The molecule has 0 N–H and O–H groups in total. The highest BCUT2D eigenvalue weighted by atomic mass is 16.7. The van der Waals surface area contributed by atoms with Crippen molar-refractivity contribution in [2.45, 2.75) is 52.4 Å². The van der Waals surface area contributed by atoms with Crippen LogP contribution in [-0.4, -0.2) is 24.6 Å². The molecule has 0 aliphatic carbocycles. The molecule has 0 radical (unpaired) electrons. The van der Waals surface area contributed by atoms with Crippen LogP contribution >= 0.6 is 0 Å². The van der Waals surface area contributed by atoms with Gasteiger partial charge in [0.15, 0.2) is 0 Å². The second-order valence-electron chi connectivity index (χ2n) is 6.94. The second-order valence-corrected chi connectivity index (χ2v) is 6.94. The molecular weight excluding hydrogens is 322 g/mol. The number of unbranched alkanes of at least 4 members (excludes halogenated alkanes) is 2. The summed E-state index contributed by atoms with van der Waals surface area (Å²) in [5.41, 5.74) is 4.26. The van der Waals surface area contributed by atoms with E-state index in [0.29, 0.717) is 6.61 Å². The number of fused-ring (bicyclic) bond motifs is 2. The number of para-hydroxylation sites is 1. The lowest BCUT2D eigenvalue weighted by atomic mass is 10.00. The Bertz CT molecular complexity index is 685.